The maximum atomic E-state index is 13.8. The Kier molecular flexibility index (Phi) is 11.3. The summed E-state index contributed by atoms with van der Waals surface area (Å²) in [5, 5.41) is 23.6. The highest BCUT2D eigenvalue weighted by Crippen LogP contribution is 2.33. The molecule has 0 aliphatic carbocycles. The van der Waals surface area contributed by atoms with Crippen molar-refractivity contribution >= 4 is 57.9 Å². The molecule has 0 saturated carbocycles. The molecule has 64 heavy (non-hydrogen) atoms. The summed E-state index contributed by atoms with van der Waals surface area (Å²) in [6.45, 7) is 0. The lowest BCUT2D eigenvalue weighted by Gasteiger charge is -2.14. The number of carbonyl (C=O) groups is 4. The zero-order valence-electron chi connectivity index (χ0n) is 34.8. The van der Waals surface area contributed by atoms with Gasteiger partial charge in [0.2, 0.25) is 0 Å². The first kappa shape index (κ1) is 40.7. The van der Waals surface area contributed by atoms with E-state index in [0.29, 0.717) is 45.4 Å². The summed E-state index contributed by atoms with van der Waals surface area (Å²) in [5.74, 6) is -2.30. The van der Waals surface area contributed by atoms with Crippen molar-refractivity contribution < 1.29 is 19.2 Å². The van der Waals surface area contributed by atoms with Crippen molar-refractivity contribution in [1.82, 2.24) is 10.0 Å². The Bertz CT molecular complexity index is 2930. The van der Waals surface area contributed by atoms with E-state index < -0.39 is 11.8 Å². The Labute approximate surface area is 369 Å². The summed E-state index contributed by atoms with van der Waals surface area (Å²) < 4.78 is 0. The van der Waals surface area contributed by atoms with Crippen LogP contribution in [0.5, 0.6) is 0 Å². The number of hydrogen-bond donors (Lipinski definition) is 0. The second-order valence-corrected chi connectivity index (χ2v) is 15.1. The minimum atomic E-state index is -0.758. The molecular weight excluding hydrogens is 801 g/mol. The normalized spacial score (nSPS) is 19.5. The molecule has 0 fully saturated rings. The molecule has 0 aromatic heterocycles. The highest BCUT2D eigenvalue weighted by molar-refractivity contribution is 6.36. The van der Waals surface area contributed by atoms with Crippen molar-refractivity contribution in [3.63, 3.8) is 0 Å². The molecule has 312 valence electrons. The van der Waals surface area contributed by atoms with Gasteiger partial charge in [0.1, 0.15) is 23.3 Å². The minimum absolute atomic E-state index is 0.170. The van der Waals surface area contributed by atoms with E-state index >= 15 is 0 Å². The number of para-hydroxylation sites is 2. The van der Waals surface area contributed by atoms with Gasteiger partial charge in [0, 0.05) is 25.2 Å². The Balaban J connectivity index is 0.000000170. The first-order valence-corrected chi connectivity index (χ1v) is 20.6. The molecule has 0 spiro atoms. The first-order chi connectivity index (χ1) is 31.3. The molecule has 2 unspecified atom stereocenters. The third-order valence-corrected chi connectivity index (χ3v) is 10.9. The van der Waals surface area contributed by atoms with Crippen LogP contribution in [-0.2, 0) is 19.2 Å². The molecule has 0 radical (unpaired) electrons. The third-order valence-electron chi connectivity index (χ3n) is 10.9. The van der Waals surface area contributed by atoms with Crippen LogP contribution in [0, 0.1) is 11.8 Å². The van der Waals surface area contributed by atoms with Crippen LogP contribution in [0.4, 0.5) is 11.4 Å². The minimum Gasteiger partial charge on any atom is -0.272 e. The van der Waals surface area contributed by atoms with Gasteiger partial charge in [-0.15, -0.1) is 0 Å². The molecule has 10 rings (SSSR count). The highest BCUT2D eigenvalue weighted by Gasteiger charge is 2.41. The topological polar surface area (TPSA) is 131 Å². The van der Waals surface area contributed by atoms with Crippen molar-refractivity contribution in [3.8, 4) is 0 Å². The average Bonchev–Trinajstić information content (AvgIpc) is 4.05. The maximum Gasteiger partial charge on any atom is 0.280 e. The molecule has 12 heteroatoms. The second-order valence-electron chi connectivity index (χ2n) is 15.1. The van der Waals surface area contributed by atoms with Gasteiger partial charge in [0.15, 0.2) is 0 Å². The summed E-state index contributed by atoms with van der Waals surface area (Å²) in [6.07, 6.45) is 3.41. The molecule has 0 saturated heterocycles. The van der Waals surface area contributed by atoms with Gasteiger partial charge in [-0.05, 0) is 35.4 Å². The van der Waals surface area contributed by atoms with Gasteiger partial charge in [-0.1, -0.05) is 170 Å². The zero-order valence-corrected chi connectivity index (χ0v) is 34.8. The van der Waals surface area contributed by atoms with E-state index in [9.17, 15) is 19.2 Å². The van der Waals surface area contributed by atoms with Crippen LogP contribution in [-0.4, -0.2) is 70.6 Å². The first-order valence-electron chi connectivity index (χ1n) is 20.6. The van der Waals surface area contributed by atoms with Gasteiger partial charge >= 0.3 is 0 Å². The van der Waals surface area contributed by atoms with Crippen LogP contribution in [0.25, 0.3) is 0 Å². The van der Waals surface area contributed by atoms with Crippen molar-refractivity contribution in [2.24, 2.45) is 32.2 Å². The monoisotopic (exact) mass is 840 g/mol. The van der Waals surface area contributed by atoms with E-state index in [1.807, 2.05) is 182 Å². The Hall–Kier alpha value is -8.64. The van der Waals surface area contributed by atoms with Crippen molar-refractivity contribution in [2.45, 2.75) is 0 Å². The second kappa shape index (κ2) is 17.8. The van der Waals surface area contributed by atoms with E-state index in [2.05, 4.69) is 10.2 Å². The smallest absolute Gasteiger partial charge is 0.272 e. The number of carbonyl (C=O) groups excluding carboxylic acids is 4. The molecule has 6 aromatic rings. The van der Waals surface area contributed by atoms with Gasteiger partial charge < -0.3 is 0 Å². The van der Waals surface area contributed by atoms with E-state index in [-0.39, 0.29) is 23.6 Å². The SMILES string of the molecule is CN1N=C(c2ccccc2)/C(=C/C2C(=O)N(C)N=C2c2ccccc2)C1=O.O=C1/C(=C\C2C(=O)N(c3ccccc3)N=C2c2ccccc2)C(c2ccccc2)=NN1c1ccccc1. The van der Waals surface area contributed by atoms with Gasteiger partial charge in [0.05, 0.1) is 33.9 Å². The summed E-state index contributed by atoms with van der Waals surface area (Å²) in [5.41, 5.74) is 7.72. The molecule has 4 aliphatic rings. The van der Waals surface area contributed by atoms with Crippen LogP contribution in [0.15, 0.2) is 226 Å². The Morgan fingerprint density at radius 1 is 0.375 bits per heavy atom. The van der Waals surface area contributed by atoms with E-state index in [0.717, 1.165) is 22.3 Å². The maximum absolute atomic E-state index is 13.8. The fourth-order valence-electron chi connectivity index (χ4n) is 7.74. The fraction of sp³-hybridized carbons (Fsp3) is 0.0769. The summed E-state index contributed by atoms with van der Waals surface area (Å²) in [7, 11) is 3.24. The molecule has 4 aliphatic heterocycles. The molecule has 4 heterocycles. The standard InChI is InChI=1S/C31H22N4O2.C21H18N4O2/c36-30-26(28(22-13-5-1-6-14-22)32-34(30)24-17-9-3-10-18-24)21-27-29(23-15-7-2-8-16-23)33-35(31(27)37)25-19-11-4-12-20-25;1-24-20(26)16(18(22-24)14-9-5-3-6-10-14)13-17-19(23-25(2)21(17)27)15-11-7-4-8-12-15/h1-21,26H;3-13,16H,1-2H3/b27-21-;17-13-. The lowest BCUT2D eigenvalue weighted by atomic mass is 9.92. The van der Waals surface area contributed by atoms with Crippen molar-refractivity contribution in [3.05, 3.63) is 228 Å². The summed E-state index contributed by atoms with van der Waals surface area (Å²) in [4.78, 5) is 52.9. The lowest BCUT2D eigenvalue weighted by molar-refractivity contribution is -0.129. The Morgan fingerprint density at radius 3 is 1.23 bits per heavy atom. The zero-order chi connectivity index (χ0) is 44.2. The number of hydrogen-bond acceptors (Lipinski definition) is 8. The van der Waals surface area contributed by atoms with E-state index in [1.54, 1.807) is 26.2 Å². The number of nitrogens with zero attached hydrogens (tertiary/aromatic N) is 8. The number of benzene rings is 6. The third kappa shape index (κ3) is 7.98. The number of anilines is 2. The van der Waals surface area contributed by atoms with Crippen molar-refractivity contribution in [1.29, 1.82) is 0 Å². The number of rotatable bonds is 8. The van der Waals surface area contributed by atoms with Crippen LogP contribution in [0.3, 0.4) is 0 Å². The van der Waals surface area contributed by atoms with Gasteiger partial charge in [0.25, 0.3) is 23.6 Å². The molecule has 2 atom stereocenters. The number of hydrazone groups is 4. The van der Waals surface area contributed by atoms with Gasteiger partial charge in [-0.2, -0.15) is 30.4 Å². The largest absolute Gasteiger partial charge is 0.280 e. The summed E-state index contributed by atoms with van der Waals surface area (Å²) >= 11 is 0. The van der Waals surface area contributed by atoms with Crippen LogP contribution < -0.4 is 10.0 Å². The van der Waals surface area contributed by atoms with Gasteiger partial charge in [-0.3, -0.25) is 19.2 Å². The van der Waals surface area contributed by atoms with Crippen LogP contribution >= 0.6 is 0 Å². The molecule has 4 amide bonds. The number of likely N-dealkylation sites (N-methyl/N-ethyl adjacent to an activating group) is 1. The molecular formula is C52H40N8O4. The fourth-order valence-corrected chi connectivity index (χ4v) is 7.74. The quantitative estimate of drug-likeness (QED) is 0.145. The predicted octanol–water partition coefficient (Wildman–Crippen LogP) is 7.71. The summed E-state index contributed by atoms with van der Waals surface area (Å²) in [6, 6.07) is 56.7. The number of amides is 4. The average molecular weight is 841 g/mol. The van der Waals surface area contributed by atoms with E-state index in [4.69, 9.17) is 10.2 Å². The Morgan fingerprint density at radius 2 is 0.750 bits per heavy atom. The van der Waals surface area contributed by atoms with Crippen LogP contribution in [0.2, 0.25) is 0 Å². The lowest BCUT2D eigenvalue weighted by Crippen LogP contribution is -2.28. The van der Waals surface area contributed by atoms with Gasteiger partial charge in [-0.25, -0.2) is 10.0 Å². The van der Waals surface area contributed by atoms with Crippen molar-refractivity contribution in [2.75, 3.05) is 24.1 Å². The van der Waals surface area contributed by atoms with E-state index in [1.165, 1.54) is 20.0 Å². The predicted molar refractivity (Wildman–Crippen MR) is 248 cm³/mol. The molecule has 12 nitrogen and oxygen atoms in total. The molecule has 0 bridgehead atoms. The van der Waals surface area contributed by atoms with Crippen LogP contribution in [0.1, 0.15) is 22.3 Å². The highest BCUT2D eigenvalue weighted by atomic mass is 16.2. The molecule has 6 aromatic carbocycles. The molecule has 0 N–H and O–H groups in total.